The summed E-state index contributed by atoms with van der Waals surface area (Å²) in [6.07, 6.45) is 2.09. The molecule has 2 bridgehead atoms. The van der Waals surface area contributed by atoms with Crippen molar-refractivity contribution in [2.45, 2.75) is 37.1 Å². The molecule has 0 spiro atoms. The third-order valence-electron chi connectivity index (χ3n) is 7.43. The van der Waals surface area contributed by atoms with Crippen molar-refractivity contribution in [3.8, 4) is 11.8 Å². The van der Waals surface area contributed by atoms with Crippen LogP contribution in [0.2, 0.25) is 0 Å². The maximum Gasteiger partial charge on any atom is 0.188 e. The number of pyridine rings is 1. The molecule has 1 aromatic heterocycles. The molecule has 3 atom stereocenters. The molecule has 4 aliphatic heterocycles. The van der Waals surface area contributed by atoms with Gasteiger partial charge in [0.2, 0.25) is 0 Å². The zero-order chi connectivity index (χ0) is 23.5. The summed E-state index contributed by atoms with van der Waals surface area (Å²) < 4.78 is 23.6. The molecule has 1 N–H and O–H groups in total. The number of anilines is 1. The fourth-order valence-corrected chi connectivity index (χ4v) is 5.46. The van der Waals surface area contributed by atoms with Crippen molar-refractivity contribution in [3.05, 3.63) is 59.3 Å². The van der Waals surface area contributed by atoms with Gasteiger partial charge >= 0.3 is 0 Å². The van der Waals surface area contributed by atoms with E-state index in [2.05, 4.69) is 33.8 Å². The Bertz CT molecular complexity index is 1050. The number of aliphatic hydroxyl groups is 1. The zero-order valence-corrected chi connectivity index (χ0v) is 19.6. The predicted molar refractivity (Wildman–Crippen MR) is 128 cm³/mol. The number of piperidine rings is 3. The molecule has 0 unspecified atom stereocenters. The van der Waals surface area contributed by atoms with Crippen molar-refractivity contribution in [2.24, 2.45) is 5.92 Å². The van der Waals surface area contributed by atoms with Crippen LogP contribution in [0.3, 0.4) is 0 Å². The molecule has 2 aromatic rings. The molecule has 0 radical (unpaired) electrons. The second-order valence-corrected chi connectivity index (χ2v) is 9.54. The summed E-state index contributed by atoms with van der Waals surface area (Å²) in [7, 11) is 1.62. The van der Waals surface area contributed by atoms with Gasteiger partial charge in [0, 0.05) is 44.6 Å². The SMILES string of the molecule is CO[C@H]1CN(c2ccc(C#C[C@@]3(O)CN4CCC3CC4)c(Cc3ccccc3)n2)C[C@H]1OCF. The lowest BCUT2D eigenvalue weighted by molar-refractivity contribution is -0.0713. The van der Waals surface area contributed by atoms with Crippen molar-refractivity contribution in [1.82, 2.24) is 9.88 Å². The van der Waals surface area contributed by atoms with Crippen LogP contribution in [0.25, 0.3) is 0 Å². The Morgan fingerprint density at radius 3 is 2.56 bits per heavy atom. The van der Waals surface area contributed by atoms with Gasteiger partial charge < -0.3 is 19.5 Å². The third-order valence-corrected chi connectivity index (χ3v) is 7.43. The summed E-state index contributed by atoms with van der Waals surface area (Å²) in [6, 6.07) is 14.1. The van der Waals surface area contributed by atoms with Crippen molar-refractivity contribution < 1.29 is 19.0 Å². The molecule has 7 heteroatoms. The molecule has 5 heterocycles. The van der Waals surface area contributed by atoms with Gasteiger partial charge in [0.05, 0.1) is 5.69 Å². The van der Waals surface area contributed by atoms with E-state index < -0.39 is 12.5 Å². The highest BCUT2D eigenvalue weighted by Gasteiger charge is 2.44. The molecule has 34 heavy (non-hydrogen) atoms. The largest absolute Gasteiger partial charge is 0.377 e. The van der Waals surface area contributed by atoms with Gasteiger partial charge in [-0.2, -0.15) is 0 Å². The lowest BCUT2D eigenvalue weighted by Crippen LogP contribution is -2.58. The van der Waals surface area contributed by atoms with E-state index in [4.69, 9.17) is 14.5 Å². The highest BCUT2D eigenvalue weighted by atomic mass is 19.1. The molecule has 4 aliphatic rings. The number of ether oxygens (including phenoxy) is 2. The van der Waals surface area contributed by atoms with Crippen LogP contribution in [0.1, 0.15) is 29.7 Å². The summed E-state index contributed by atoms with van der Waals surface area (Å²) in [5.41, 5.74) is 1.88. The fraction of sp³-hybridized carbons (Fsp3) is 0.519. The van der Waals surface area contributed by atoms with E-state index in [1.54, 1.807) is 7.11 Å². The molecule has 0 amide bonds. The Labute approximate surface area is 200 Å². The minimum Gasteiger partial charge on any atom is -0.377 e. The molecule has 0 aliphatic carbocycles. The number of rotatable bonds is 6. The minimum atomic E-state index is -0.962. The van der Waals surface area contributed by atoms with Gasteiger partial charge in [-0.3, -0.25) is 4.90 Å². The molecule has 4 saturated heterocycles. The summed E-state index contributed by atoms with van der Waals surface area (Å²) in [6.45, 7) is 2.99. The van der Waals surface area contributed by atoms with Crippen LogP contribution < -0.4 is 4.90 Å². The van der Waals surface area contributed by atoms with Crippen molar-refractivity contribution in [3.63, 3.8) is 0 Å². The van der Waals surface area contributed by atoms with Crippen LogP contribution in [-0.4, -0.2) is 79.5 Å². The summed E-state index contributed by atoms with van der Waals surface area (Å²) >= 11 is 0. The van der Waals surface area contributed by atoms with E-state index in [1.807, 2.05) is 30.3 Å². The van der Waals surface area contributed by atoms with Crippen LogP contribution in [0, 0.1) is 17.8 Å². The number of benzene rings is 1. The van der Waals surface area contributed by atoms with Gasteiger partial charge in [-0.1, -0.05) is 42.2 Å². The molecule has 1 aromatic carbocycles. The van der Waals surface area contributed by atoms with Crippen LogP contribution in [0.4, 0.5) is 10.2 Å². The number of halogens is 1. The first-order chi connectivity index (χ1) is 16.6. The number of fused-ring (bicyclic) bond motifs is 3. The van der Waals surface area contributed by atoms with E-state index in [-0.39, 0.29) is 18.1 Å². The number of aromatic nitrogens is 1. The smallest absolute Gasteiger partial charge is 0.188 e. The van der Waals surface area contributed by atoms with Crippen LogP contribution in [-0.2, 0) is 15.9 Å². The number of alkyl halides is 1. The average Bonchev–Trinajstić information content (AvgIpc) is 3.28. The average molecular weight is 466 g/mol. The number of methoxy groups -OCH3 is 1. The van der Waals surface area contributed by atoms with Crippen molar-refractivity contribution in [1.29, 1.82) is 0 Å². The highest BCUT2D eigenvalue weighted by molar-refractivity contribution is 5.50. The maximum atomic E-state index is 12.8. The summed E-state index contributed by atoms with van der Waals surface area (Å²) in [5.74, 6) is 7.55. The van der Waals surface area contributed by atoms with Gasteiger partial charge in [0.25, 0.3) is 0 Å². The van der Waals surface area contributed by atoms with Crippen molar-refractivity contribution >= 4 is 5.82 Å². The second kappa shape index (κ2) is 10.0. The summed E-state index contributed by atoms with van der Waals surface area (Å²) in [4.78, 5) is 9.35. The van der Waals surface area contributed by atoms with Crippen LogP contribution in [0.15, 0.2) is 42.5 Å². The lowest BCUT2D eigenvalue weighted by atomic mass is 9.75. The first-order valence-electron chi connectivity index (χ1n) is 12.0. The number of nitrogens with zero attached hydrogens (tertiary/aromatic N) is 3. The first kappa shape index (κ1) is 23.3. The van der Waals surface area contributed by atoms with E-state index >= 15 is 0 Å². The highest BCUT2D eigenvalue weighted by Crippen LogP contribution is 2.35. The van der Waals surface area contributed by atoms with Gasteiger partial charge in [-0.15, -0.1) is 0 Å². The van der Waals surface area contributed by atoms with Gasteiger partial charge in [-0.25, -0.2) is 9.37 Å². The lowest BCUT2D eigenvalue weighted by Gasteiger charge is -2.47. The Morgan fingerprint density at radius 2 is 1.88 bits per heavy atom. The van der Waals surface area contributed by atoms with E-state index in [0.717, 1.165) is 48.6 Å². The third kappa shape index (κ3) is 4.82. The maximum absolute atomic E-state index is 12.8. The van der Waals surface area contributed by atoms with E-state index in [0.29, 0.717) is 26.1 Å². The molecular formula is C27H32FN3O3. The second-order valence-electron chi connectivity index (χ2n) is 9.54. The zero-order valence-electron chi connectivity index (χ0n) is 19.6. The number of hydrogen-bond donors (Lipinski definition) is 1. The molecule has 0 saturated carbocycles. The Kier molecular flexibility index (Phi) is 6.84. The Balaban J connectivity index is 1.44. The summed E-state index contributed by atoms with van der Waals surface area (Å²) in [5, 5.41) is 11.3. The number of hydrogen-bond acceptors (Lipinski definition) is 6. The Morgan fingerprint density at radius 1 is 1.12 bits per heavy atom. The minimum absolute atomic E-state index is 0.208. The van der Waals surface area contributed by atoms with Crippen LogP contribution >= 0.6 is 0 Å². The molecular weight excluding hydrogens is 433 g/mol. The normalized spacial score (nSPS) is 30.3. The predicted octanol–water partition coefficient (Wildman–Crippen LogP) is 2.63. The van der Waals surface area contributed by atoms with E-state index in [1.165, 1.54) is 0 Å². The Hall–Kier alpha value is -2.50. The van der Waals surface area contributed by atoms with Crippen molar-refractivity contribution in [2.75, 3.05) is 51.6 Å². The monoisotopic (exact) mass is 465 g/mol. The quantitative estimate of drug-likeness (QED) is 0.662. The molecule has 6 nitrogen and oxygen atoms in total. The molecule has 4 fully saturated rings. The topological polar surface area (TPSA) is 58.1 Å². The fourth-order valence-electron chi connectivity index (χ4n) is 5.46. The van der Waals surface area contributed by atoms with E-state index in [9.17, 15) is 9.50 Å². The standard InChI is InChI=1S/C27H32FN3O3/c1-33-24-16-31(17-25(24)34-19-28)26-8-7-21(23(29-26)15-20-5-3-2-4-6-20)9-12-27(32)18-30-13-10-22(27)11-14-30/h2-8,22,24-25,32H,10-11,13-19H2,1H3/t24-,25+,27+/m0/s1. The molecule has 6 rings (SSSR count). The first-order valence-corrected chi connectivity index (χ1v) is 12.0. The van der Waals surface area contributed by atoms with Gasteiger partial charge in [-0.05, 0) is 43.6 Å². The van der Waals surface area contributed by atoms with Crippen LogP contribution in [0.5, 0.6) is 0 Å². The van der Waals surface area contributed by atoms with Gasteiger partial charge in [0.15, 0.2) is 6.86 Å². The van der Waals surface area contributed by atoms with Gasteiger partial charge in [0.1, 0.15) is 23.6 Å². The molecule has 180 valence electrons.